The van der Waals surface area contributed by atoms with E-state index in [4.69, 9.17) is 4.74 Å². The zero-order valence-electron chi connectivity index (χ0n) is 9.21. The summed E-state index contributed by atoms with van der Waals surface area (Å²) in [5.74, 6) is 1.61. The Kier molecular flexibility index (Phi) is 4.30. The minimum Gasteiger partial charge on any atom is -0.495 e. The number of methoxy groups -OCH3 is 1. The van der Waals surface area contributed by atoms with Crippen molar-refractivity contribution in [2.24, 2.45) is 5.92 Å². The largest absolute Gasteiger partial charge is 0.495 e. The summed E-state index contributed by atoms with van der Waals surface area (Å²) >= 11 is 0. The van der Waals surface area contributed by atoms with Crippen LogP contribution in [0.2, 0.25) is 0 Å². The number of rotatable bonds is 5. The van der Waals surface area contributed by atoms with E-state index in [-0.39, 0.29) is 0 Å². The maximum absolute atomic E-state index is 5.25. The van der Waals surface area contributed by atoms with Crippen molar-refractivity contribution in [2.45, 2.75) is 20.3 Å². The van der Waals surface area contributed by atoms with Gasteiger partial charge in [0.2, 0.25) is 0 Å². The summed E-state index contributed by atoms with van der Waals surface area (Å²) in [7, 11) is 1.70. The number of para-hydroxylation sites is 2. The van der Waals surface area contributed by atoms with Crippen LogP contribution in [0.25, 0.3) is 0 Å². The van der Waals surface area contributed by atoms with Crippen molar-refractivity contribution in [1.29, 1.82) is 0 Å². The monoisotopic (exact) mass is 193 g/mol. The molecule has 1 rings (SSSR count). The van der Waals surface area contributed by atoms with Gasteiger partial charge in [0.1, 0.15) is 5.75 Å². The maximum Gasteiger partial charge on any atom is 0.141 e. The van der Waals surface area contributed by atoms with Gasteiger partial charge >= 0.3 is 0 Å². The average Bonchev–Trinajstić information content (AvgIpc) is 2.26. The molecule has 1 atom stereocenters. The van der Waals surface area contributed by atoms with E-state index in [0.29, 0.717) is 5.92 Å². The summed E-state index contributed by atoms with van der Waals surface area (Å²) in [5.41, 5.74) is 1.08. The Hall–Kier alpha value is -1.18. The lowest BCUT2D eigenvalue weighted by Crippen LogP contribution is -2.10. The second-order valence-electron chi connectivity index (χ2n) is 3.59. The standard InChI is InChI=1S/C12H19NO/c1-4-10(2)9-13-11-7-5-6-8-12(11)14-3/h5-8,10,13H,4,9H2,1-3H3/t10-/m0/s1. The predicted octanol–water partition coefficient (Wildman–Crippen LogP) is 3.15. The maximum atomic E-state index is 5.25. The van der Waals surface area contributed by atoms with Crippen molar-refractivity contribution in [3.63, 3.8) is 0 Å². The lowest BCUT2D eigenvalue weighted by atomic mass is 10.1. The molecule has 78 valence electrons. The quantitative estimate of drug-likeness (QED) is 0.775. The predicted molar refractivity (Wildman–Crippen MR) is 60.9 cm³/mol. The molecule has 0 spiro atoms. The number of hydrogen-bond acceptors (Lipinski definition) is 2. The van der Waals surface area contributed by atoms with E-state index in [9.17, 15) is 0 Å². The summed E-state index contributed by atoms with van der Waals surface area (Å²) in [6, 6.07) is 8.01. The van der Waals surface area contributed by atoms with Gasteiger partial charge in [0.15, 0.2) is 0 Å². The van der Waals surface area contributed by atoms with Crippen molar-refractivity contribution in [1.82, 2.24) is 0 Å². The van der Waals surface area contributed by atoms with E-state index in [1.165, 1.54) is 6.42 Å². The summed E-state index contributed by atoms with van der Waals surface area (Å²) in [6.45, 7) is 5.44. The normalized spacial score (nSPS) is 12.2. The first-order valence-electron chi connectivity index (χ1n) is 5.14. The van der Waals surface area contributed by atoms with Crippen LogP contribution in [-0.4, -0.2) is 13.7 Å². The first kappa shape index (κ1) is 10.9. The van der Waals surface area contributed by atoms with Crippen molar-refractivity contribution in [3.8, 4) is 5.75 Å². The van der Waals surface area contributed by atoms with Gasteiger partial charge in [-0.15, -0.1) is 0 Å². The molecule has 0 aromatic heterocycles. The van der Waals surface area contributed by atoms with Crippen LogP contribution < -0.4 is 10.1 Å². The Morgan fingerprint density at radius 2 is 2.07 bits per heavy atom. The zero-order chi connectivity index (χ0) is 10.4. The second-order valence-corrected chi connectivity index (χ2v) is 3.59. The molecule has 0 saturated heterocycles. The molecular formula is C12H19NO. The molecule has 2 heteroatoms. The minimum absolute atomic E-state index is 0.694. The third-order valence-corrected chi connectivity index (χ3v) is 2.44. The fourth-order valence-electron chi connectivity index (χ4n) is 1.22. The van der Waals surface area contributed by atoms with Gasteiger partial charge in [-0.05, 0) is 18.1 Å². The number of nitrogens with one attached hydrogen (secondary N) is 1. The van der Waals surface area contributed by atoms with E-state index in [0.717, 1.165) is 18.0 Å². The fourth-order valence-corrected chi connectivity index (χ4v) is 1.22. The van der Waals surface area contributed by atoms with Gasteiger partial charge in [-0.1, -0.05) is 32.4 Å². The molecule has 2 nitrogen and oxygen atoms in total. The number of anilines is 1. The van der Waals surface area contributed by atoms with Crippen molar-refractivity contribution in [2.75, 3.05) is 19.0 Å². The number of ether oxygens (including phenoxy) is 1. The van der Waals surface area contributed by atoms with E-state index in [2.05, 4.69) is 19.2 Å². The molecule has 0 bridgehead atoms. The number of hydrogen-bond donors (Lipinski definition) is 1. The highest BCUT2D eigenvalue weighted by molar-refractivity contribution is 5.56. The molecule has 1 aromatic rings. The molecule has 0 fully saturated rings. The average molecular weight is 193 g/mol. The van der Waals surface area contributed by atoms with Crippen molar-refractivity contribution >= 4 is 5.69 Å². The molecular weight excluding hydrogens is 174 g/mol. The highest BCUT2D eigenvalue weighted by Crippen LogP contribution is 2.23. The zero-order valence-corrected chi connectivity index (χ0v) is 9.21. The van der Waals surface area contributed by atoms with E-state index >= 15 is 0 Å². The van der Waals surface area contributed by atoms with E-state index < -0.39 is 0 Å². The molecule has 0 radical (unpaired) electrons. The lowest BCUT2D eigenvalue weighted by Gasteiger charge is -2.13. The Morgan fingerprint density at radius 1 is 1.36 bits per heavy atom. The van der Waals surface area contributed by atoms with Crippen LogP contribution in [0.15, 0.2) is 24.3 Å². The topological polar surface area (TPSA) is 21.3 Å². The van der Waals surface area contributed by atoms with Crippen molar-refractivity contribution in [3.05, 3.63) is 24.3 Å². The van der Waals surface area contributed by atoms with Gasteiger partial charge in [-0.3, -0.25) is 0 Å². The van der Waals surface area contributed by atoms with Crippen LogP contribution in [-0.2, 0) is 0 Å². The van der Waals surface area contributed by atoms with Crippen LogP contribution in [0.3, 0.4) is 0 Å². The second kappa shape index (κ2) is 5.53. The van der Waals surface area contributed by atoms with Gasteiger partial charge in [0, 0.05) is 6.54 Å². The van der Waals surface area contributed by atoms with Gasteiger partial charge < -0.3 is 10.1 Å². The molecule has 1 N–H and O–H groups in total. The first-order chi connectivity index (χ1) is 6.77. The van der Waals surface area contributed by atoms with E-state index in [1.807, 2.05) is 24.3 Å². The Labute approximate surface area is 86.3 Å². The lowest BCUT2D eigenvalue weighted by molar-refractivity contribution is 0.416. The Bertz CT molecular complexity index is 273. The van der Waals surface area contributed by atoms with Crippen LogP contribution in [0.4, 0.5) is 5.69 Å². The third kappa shape index (κ3) is 2.95. The van der Waals surface area contributed by atoms with Gasteiger partial charge in [-0.25, -0.2) is 0 Å². The molecule has 0 aliphatic rings. The van der Waals surface area contributed by atoms with E-state index in [1.54, 1.807) is 7.11 Å². The SMILES string of the molecule is CC[C@H](C)CNc1ccccc1OC. The number of benzene rings is 1. The molecule has 0 heterocycles. The van der Waals surface area contributed by atoms with Gasteiger partial charge in [0.25, 0.3) is 0 Å². The van der Waals surface area contributed by atoms with Crippen LogP contribution in [0.5, 0.6) is 5.75 Å². The first-order valence-corrected chi connectivity index (χ1v) is 5.14. The van der Waals surface area contributed by atoms with Crippen LogP contribution in [0.1, 0.15) is 20.3 Å². The molecule has 0 amide bonds. The third-order valence-electron chi connectivity index (χ3n) is 2.44. The highest BCUT2D eigenvalue weighted by atomic mass is 16.5. The smallest absolute Gasteiger partial charge is 0.141 e. The molecule has 0 aliphatic carbocycles. The summed E-state index contributed by atoms with van der Waals surface area (Å²) in [6.07, 6.45) is 1.20. The van der Waals surface area contributed by atoms with Crippen LogP contribution >= 0.6 is 0 Å². The Morgan fingerprint density at radius 3 is 2.71 bits per heavy atom. The molecule has 14 heavy (non-hydrogen) atoms. The molecule has 0 unspecified atom stereocenters. The highest BCUT2D eigenvalue weighted by Gasteiger charge is 2.02. The summed E-state index contributed by atoms with van der Waals surface area (Å²) in [4.78, 5) is 0. The van der Waals surface area contributed by atoms with Crippen LogP contribution in [0, 0.1) is 5.92 Å². The molecule has 1 aromatic carbocycles. The summed E-state index contributed by atoms with van der Waals surface area (Å²) in [5, 5.41) is 3.39. The minimum atomic E-state index is 0.694. The molecule has 0 aliphatic heterocycles. The fraction of sp³-hybridized carbons (Fsp3) is 0.500. The van der Waals surface area contributed by atoms with Crippen molar-refractivity contribution < 1.29 is 4.74 Å². The summed E-state index contributed by atoms with van der Waals surface area (Å²) < 4.78 is 5.25. The van der Waals surface area contributed by atoms with Gasteiger partial charge in [-0.2, -0.15) is 0 Å². The Balaban J connectivity index is 2.57. The molecule has 0 saturated carbocycles. The van der Waals surface area contributed by atoms with Gasteiger partial charge in [0.05, 0.1) is 12.8 Å².